The standard InChI is InChI=1S/C19H21NO5/c1-12-8-18(24)25-15-9-13(4-5-14(12)15)20-16(21)10-19(11-17(22)23)6-2-3-7-19/h4-5,8-9H,2-3,6-7,10-11H2,1H3,(H,20,21)(H,22,23)/p-1. The molecule has 1 aliphatic carbocycles. The lowest BCUT2D eigenvalue weighted by atomic mass is 9.79. The summed E-state index contributed by atoms with van der Waals surface area (Å²) in [6.07, 6.45) is 3.37. The van der Waals surface area contributed by atoms with Crippen molar-refractivity contribution in [2.45, 2.75) is 45.4 Å². The Bertz CT molecular complexity index is 877. The van der Waals surface area contributed by atoms with Gasteiger partial charge >= 0.3 is 5.63 Å². The molecule has 0 atom stereocenters. The molecule has 1 saturated carbocycles. The Morgan fingerprint density at radius 1 is 1.20 bits per heavy atom. The van der Waals surface area contributed by atoms with Gasteiger partial charge in [-0.2, -0.15) is 0 Å². The molecule has 132 valence electrons. The fourth-order valence-corrected chi connectivity index (χ4v) is 3.80. The van der Waals surface area contributed by atoms with Gasteiger partial charge in [0.2, 0.25) is 5.91 Å². The van der Waals surface area contributed by atoms with E-state index in [4.69, 9.17) is 4.42 Å². The zero-order valence-electron chi connectivity index (χ0n) is 14.1. The number of fused-ring (bicyclic) bond motifs is 1. The van der Waals surface area contributed by atoms with Crippen molar-refractivity contribution in [2.24, 2.45) is 5.41 Å². The quantitative estimate of drug-likeness (QED) is 0.839. The van der Waals surface area contributed by atoms with Gasteiger partial charge in [-0.3, -0.25) is 4.79 Å². The highest BCUT2D eigenvalue weighted by Crippen LogP contribution is 2.44. The van der Waals surface area contributed by atoms with Crippen LogP contribution in [0.15, 0.2) is 33.5 Å². The molecule has 0 unspecified atom stereocenters. The largest absolute Gasteiger partial charge is 0.550 e. The molecule has 6 heteroatoms. The summed E-state index contributed by atoms with van der Waals surface area (Å²) in [5.41, 5.74) is 0.791. The van der Waals surface area contributed by atoms with Crippen molar-refractivity contribution < 1.29 is 19.1 Å². The first kappa shape index (κ1) is 17.2. The van der Waals surface area contributed by atoms with Crippen LogP contribution in [0.1, 0.15) is 44.1 Å². The number of hydrogen-bond acceptors (Lipinski definition) is 5. The van der Waals surface area contributed by atoms with E-state index in [9.17, 15) is 19.5 Å². The van der Waals surface area contributed by atoms with E-state index >= 15 is 0 Å². The maximum atomic E-state index is 12.4. The molecule has 1 aromatic heterocycles. The minimum atomic E-state index is -1.11. The van der Waals surface area contributed by atoms with Crippen molar-refractivity contribution in [1.82, 2.24) is 0 Å². The van der Waals surface area contributed by atoms with Crippen LogP contribution in [0.4, 0.5) is 5.69 Å². The topological polar surface area (TPSA) is 99.4 Å². The van der Waals surface area contributed by atoms with Crippen molar-refractivity contribution in [1.29, 1.82) is 0 Å². The summed E-state index contributed by atoms with van der Waals surface area (Å²) in [6, 6.07) is 6.56. The van der Waals surface area contributed by atoms with Crippen LogP contribution in [0.2, 0.25) is 0 Å². The van der Waals surface area contributed by atoms with Gasteiger partial charge in [-0.05, 0) is 49.3 Å². The third-order valence-electron chi connectivity index (χ3n) is 4.95. The lowest BCUT2D eigenvalue weighted by Gasteiger charge is -2.28. The zero-order chi connectivity index (χ0) is 18.0. The van der Waals surface area contributed by atoms with Crippen LogP contribution < -0.4 is 16.0 Å². The molecule has 1 heterocycles. The normalized spacial score (nSPS) is 16.0. The van der Waals surface area contributed by atoms with E-state index in [-0.39, 0.29) is 18.7 Å². The second kappa shape index (κ2) is 6.70. The highest BCUT2D eigenvalue weighted by Gasteiger charge is 2.36. The van der Waals surface area contributed by atoms with E-state index in [2.05, 4.69) is 5.32 Å². The molecule has 0 aliphatic heterocycles. The minimum absolute atomic E-state index is 0.0911. The molecule has 1 aromatic carbocycles. The van der Waals surface area contributed by atoms with Gasteiger partial charge in [0, 0.05) is 35.6 Å². The first-order valence-electron chi connectivity index (χ1n) is 8.41. The monoisotopic (exact) mass is 342 g/mol. The van der Waals surface area contributed by atoms with Crippen molar-refractivity contribution in [3.8, 4) is 0 Å². The Morgan fingerprint density at radius 2 is 1.92 bits per heavy atom. The van der Waals surface area contributed by atoms with Gasteiger partial charge in [-0.15, -0.1) is 0 Å². The molecule has 1 fully saturated rings. The SMILES string of the molecule is Cc1cc(=O)oc2cc(NC(=O)CC3(CC(=O)[O-])CCCC3)ccc12. The van der Waals surface area contributed by atoms with Crippen molar-refractivity contribution >= 4 is 28.5 Å². The molecule has 0 radical (unpaired) electrons. The Kier molecular flexibility index (Phi) is 4.61. The number of carboxylic acid groups (broad SMARTS) is 1. The van der Waals surface area contributed by atoms with Crippen LogP contribution in [-0.2, 0) is 9.59 Å². The number of aryl methyl sites for hydroxylation is 1. The average Bonchev–Trinajstić information content (AvgIpc) is 2.93. The summed E-state index contributed by atoms with van der Waals surface area (Å²) in [5.74, 6) is -1.35. The number of amides is 1. The Balaban J connectivity index is 1.77. The van der Waals surface area contributed by atoms with Crippen molar-refractivity contribution in [3.05, 3.63) is 40.2 Å². The highest BCUT2D eigenvalue weighted by molar-refractivity contribution is 5.94. The second-order valence-corrected chi connectivity index (χ2v) is 6.94. The Hall–Kier alpha value is -2.63. The molecule has 0 spiro atoms. The second-order valence-electron chi connectivity index (χ2n) is 6.94. The molecular weight excluding hydrogens is 322 g/mol. The van der Waals surface area contributed by atoms with E-state index in [1.165, 1.54) is 6.07 Å². The first-order chi connectivity index (χ1) is 11.9. The molecule has 3 rings (SSSR count). The first-order valence-corrected chi connectivity index (χ1v) is 8.41. The summed E-state index contributed by atoms with van der Waals surface area (Å²) >= 11 is 0. The van der Waals surface area contributed by atoms with Crippen LogP contribution in [0.25, 0.3) is 11.0 Å². The predicted octanol–water partition coefficient (Wildman–Crippen LogP) is 2.13. The van der Waals surface area contributed by atoms with Crippen LogP contribution >= 0.6 is 0 Å². The Labute approximate surface area is 144 Å². The van der Waals surface area contributed by atoms with Crippen molar-refractivity contribution in [3.63, 3.8) is 0 Å². The lowest BCUT2D eigenvalue weighted by molar-refractivity contribution is -0.308. The van der Waals surface area contributed by atoms with Crippen molar-refractivity contribution in [2.75, 3.05) is 5.32 Å². The van der Waals surface area contributed by atoms with E-state index in [1.54, 1.807) is 18.2 Å². The summed E-state index contributed by atoms with van der Waals surface area (Å²) < 4.78 is 5.18. The number of carbonyl (C=O) groups is 2. The van der Waals surface area contributed by atoms with Crippen LogP contribution in [0, 0.1) is 12.3 Å². The van der Waals surface area contributed by atoms with Crippen LogP contribution in [0.3, 0.4) is 0 Å². The van der Waals surface area contributed by atoms with Gasteiger partial charge in [0.1, 0.15) is 5.58 Å². The molecular formula is C19H20NO5-. The molecule has 1 N–H and O–H groups in total. The van der Waals surface area contributed by atoms with Gasteiger partial charge < -0.3 is 19.6 Å². The molecule has 0 bridgehead atoms. The summed E-state index contributed by atoms with van der Waals surface area (Å²) in [5, 5.41) is 14.6. The third kappa shape index (κ3) is 3.90. The number of rotatable bonds is 5. The van der Waals surface area contributed by atoms with E-state index in [0.717, 1.165) is 36.6 Å². The fraction of sp³-hybridized carbons (Fsp3) is 0.421. The van der Waals surface area contributed by atoms with Crippen LogP contribution in [0.5, 0.6) is 0 Å². The molecule has 1 amide bonds. The van der Waals surface area contributed by atoms with Crippen LogP contribution in [-0.4, -0.2) is 11.9 Å². The lowest BCUT2D eigenvalue weighted by Crippen LogP contribution is -2.33. The Morgan fingerprint density at radius 3 is 2.60 bits per heavy atom. The summed E-state index contributed by atoms with van der Waals surface area (Å²) in [6.45, 7) is 1.82. The number of carbonyl (C=O) groups excluding carboxylic acids is 2. The minimum Gasteiger partial charge on any atom is -0.550 e. The molecule has 6 nitrogen and oxygen atoms in total. The highest BCUT2D eigenvalue weighted by atomic mass is 16.4. The summed E-state index contributed by atoms with van der Waals surface area (Å²) in [4.78, 5) is 34.9. The third-order valence-corrected chi connectivity index (χ3v) is 4.95. The number of anilines is 1. The van der Waals surface area contributed by atoms with E-state index < -0.39 is 17.0 Å². The number of benzene rings is 1. The average molecular weight is 342 g/mol. The van der Waals surface area contributed by atoms with E-state index in [0.29, 0.717) is 11.3 Å². The predicted molar refractivity (Wildman–Crippen MR) is 91.0 cm³/mol. The number of hydrogen-bond donors (Lipinski definition) is 1. The number of carboxylic acids is 1. The number of aliphatic carboxylic acids is 1. The zero-order valence-corrected chi connectivity index (χ0v) is 14.1. The van der Waals surface area contributed by atoms with Gasteiger partial charge in [0.25, 0.3) is 0 Å². The van der Waals surface area contributed by atoms with Gasteiger partial charge in [-0.1, -0.05) is 12.8 Å². The van der Waals surface area contributed by atoms with E-state index in [1.807, 2.05) is 6.92 Å². The number of nitrogens with one attached hydrogen (secondary N) is 1. The summed E-state index contributed by atoms with van der Waals surface area (Å²) in [7, 11) is 0. The smallest absolute Gasteiger partial charge is 0.336 e. The maximum absolute atomic E-state index is 12.4. The van der Waals surface area contributed by atoms with Gasteiger partial charge in [0.05, 0.1) is 0 Å². The molecule has 0 saturated heterocycles. The maximum Gasteiger partial charge on any atom is 0.336 e. The molecule has 1 aliphatic rings. The molecule has 25 heavy (non-hydrogen) atoms. The fourth-order valence-electron chi connectivity index (χ4n) is 3.80. The molecule has 2 aromatic rings. The van der Waals surface area contributed by atoms with Gasteiger partial charge in [-0.25, -0.2) is 4.79 Å². The van der Waals surface area contributed by atoms with Gasteiger partial charge in [0.15, 0.2) is 0 Å².